The second kappa shape index (κ2) is 25.6. The second-order valence-corrected chi connectivity index (χ2v) is 25.4. The van der Waals surface area contributed by atoms with Crippen molar-refractivity contribution < 1.29 is 0 Å². The van der Waals surface area contributed by atoms with E-state index in [1.165, 1.54) is 81.1 Å². The molecule has 0 atom stereocenters. The van der Waals surface area contributed by atoms with Gasteiger partial charge in [0.25, 0.3) is 0 Å². The van der Waals surface area contributed by atoms with Crippen LogP contribution in [0.25, 0.3) is 188 Å². The number of aromatic nitrogens is 6. The normalized spacial score (nSPS) is 11.4. The Kier molecular flexibility index (Phi) is 15.1. The number of rotatable bonds is 10. The molecule has 4 aromatic heterocycles. The first-order chi connectivity index (χ1) is 49.5. The molecule has 0 saturated carbocycles. The maximum absolute atomic E-state index is 5.30. The van der Waals surface area contributed by atoms with E-state index in [9.17, 15) is 0 Å². The largest absolute Gasteiger partial charge is 0.264 e. The van der Waals surface area contributed by atoms with Gasteiger partial charge in [0.2, 0.25) is 0 Å². The van der Waals surface area contributed by atoms with E-state index in [4.69, 9.17) is 19.9 Å². The highest BCUT2D eigenvalue weighted by atomic mass is 14.9. The Morgan fingerprint density at radius 1 is 0.160 bits per heavy atom. The monoisotopic (exact) mass is 1270 g/mol. The van der Waals surface area contributed by atoms with E-state index in [-0.39, 0.29) is 0 Å². The van der Waals surface area contributed by atoms with Gasteiger partial charge in [-0.15, -0.1) is 0 Å². The van der Waals surface area contributed by atoms with Crippen molar-refractivity contribution >= 4 is 75.4 Å². The van der Waals surface area contributed by atoms with E-state index in [1.54, 1.807) is 12.4 Å². The molecule has 0 aliphatic heterocycles. The summed E-state index contributed by atoms with van der Waals surface area (Å²) in [5.41, 5.74) is 18.6. The van der Waals surface area contributed by atoms with Crippen molar-refractivity contribution in [2.45, 2.75) is 0 Å². The van der Waals surface area contributed by atoms with E-state index in [0.29, 0.717) is 11.6 Å². The highest BCUT2D eigenvalue weighted by Gasteiger charge is 2.19. The molecule has 466 valence electrons. The third-order valence-electron chi connectivity index (χ3n) is 19.3. The minimum absolute atomic E-state index is 0.689. The van der Waals surface area contributed by atoms with Gasteiger partial charge in [0, 0.05) is 69.3 Å². The second-order valence-electron chi connectivity index (χ2n) is 25.4. The molecule has 15 aromatic carbocycles. The van der Waals surface area contributed by atoms with Crippen LogP contribution in [0.2, 0.25) is 0 Å². The minimum Gasteiger partial charge on any atom is -0.264 e. The van der Waals surface area contributed by atoms with Crippen molar-refractivity contribution in [2.75, 3.05) is 0 Å². The van der Waals surface area contributed by atoms with Crippen LogP contribution in [0, 0.1) is 0 Å². The lowest BCUT2D eigenvalue weighted by Gasteiger charge is -2.14. The van der Waals surface area contributed by atoms with Gasteiger partial charge in [0.1, 0.15) is 0 Å². The van der Waals surface area contributed by atoms with Crippen molar-refractivity contribution in [3.8, 4) is 112 Å². The van der Waals surface area contributed by atoms with Crippen LogP contribution in [0.4, 0.5) is 0 Å². The molecule has 0 unspecified atom stereocenters. The van der Waals surface area contributed by atoms with Crippen LogP contribution in [-0.2, 0) is 0 Å². The highest BCUT2D eigenvalue weighted by molar-refractivity contribution is 6.26. The first-order valence-corrected chi connectivity index (χ1v) is 33.8. The third-order valence-corrected chi connectivity index (χ3v) is 19.3. The molecule has 0 amide bonds. The van der Waals surface area contributed by atoms with Gasteiger partial charge in [-0.05, 0) is 182 Å². The van der Waals surface area contributed by atoms with Crippen molar-refractivity contribution in [1.29, 1.82) is 0 Å². The van der Waals surface area contributed by atoms with Gasteiger partial charge >= 0.3 is 0 Å². The number of pyridine rings is 2. The molecule has 0 aliphatic carbocycles. The predicted octanol–water partition coefficient (Wildman–Crippen LogP) is 24.5. The smallest absolute Gasteiger partial charge is 0.161 e. The summed E-state index contributed by atoms with van der Waals surface area (Å²) in [4.78, 5) is 29.9. The van der Waals surface area contributed by atoms with Gasteiger partial charge in [0.05, 0.1) is 22.8 Å². The average Bonchev–Trinajstić information content (AvgIpc) is 0.746. The molecule has 0 aliphatic rings. The van der Waals surface area contributed by atoms with Gasteiger partial charge in [-0.3, -0.25) is 9.97 Å². The summed E-state index contributed by atoms with van der Waals surface area (Å²) in [6.45, 7) is 0. The standard InChI is InChI=1S/C49H31N3.C45H29N3/c1-2-11-33-26-36(22-21-32(33)10-1)34-12-7-14-37(27-34)47-30-48(38-15-8-13-35(28-38)40-16-9-25-50-31-40)52-49(51-47)39-23-24-45-43-19-4-3-17-41(43)42-18-5-6-20-44(42)46(45)29-39;1-2-11-31-24-34(22-21-30(31)10-1)32-13-7-15-36(25-32)43-28-44(37-16-8-14-33(26-37)38-17-9-23-46-29-38)48-45(47-43)42-27-35-12-3-4-18-39(35)40-19-5-6-20-41(40)42/h1-31H;1-29H. The van der Waals surface area contributed by atoms with Crippen molar-refractivity contribution in [1.82, 2.24) is 29.9 Å². The average molecular weight is 1270 g/mol. The molecule has 0 radical (unpaired) electrons. The predicted molar refractivity (Wildman–Crippen MR) is 417 cm³/mol. The topological polar surface area (TPSA) is 77.3 Å². The van der Waals surface area contributed by atoms with Crippen LogP contribution in [0.5, 0.6) is 0 Å². The Balaban J connectivity index is 0.000000145. The quantitative estimate of drug-likeness (QED) is 0.127. The Morgan fingerprint density at radius 2 is 0.490 bits per heavy atom. The van der Waals surface area contributed by atoms with Crippen LogP contribution < -0.4 is 0 Å². The molecule has 6 heteroatoms. The van der Waals surface area contributed by atoms with Crippen LogP contribution in [0.1, 0.15) is 0 Å². The summed E-state index contributed by atoms with van der Waals surface area (Å²) in [6.07, 6.45) is 7.40. The number of hydrogen-bond donors (Lipinski definition) is 0. The number of hydrogen-bond acceptors (Lipinski definition) is 6. The summed E-state index contributed by atoms with van der Waals surface area (Å²) in [7, 11) is 0. The summed E-state index contributed by atoms with van der Waals surface area (Å²) >= 11 is 0. The maximum atomic E-state index is 5.30. The van der Waals surface area contributed by atoms with E-state index in [0.717, 1.165) is 94.9 Å². The molecule has 0 bridgehead atoms. The zero-order chi connectivity index (χ0) is 66.3. The highest BCUT2D eigenvalue weighted by Crippen LogP contribution is 2.41. The van der Waals surface area contributed by atoms with Crippen molar-refractivity contribution in [3.63, 3.8) is 0 Å². The molecule has 6 nitrogen and oxygen atoms in total. The lowest BCUT2D eigenvalue weighted by atomic mass is 9.93. The molecule has 19 aromatic rings. The minimum atomic E-state index is 0.689. The Morgan fingerprint density at radius 3 is 0.940 bits per heavy atom. The molecule has 19 rings (SSSR count). The van der Waals surface area contributed by atoms with Gasteiger partial charge in [-0.1, -0.05) is 267 Å². The van der Waals surface area contributed by atoms with Gasteiger partial charge in [0.15, 0.2) is 11.6 Å². The molecule has 0 fully saturated rings. The van der Waals surface area contributed by atoms with Gasteiger partial charge < -0.3 is 0 Å². The maximum Gasteiger partial charge on any atom is 0.161 e. The fraction of sp³-hybridized carbons (Fsp3) is 0. The lowest BCUT2D eigenvalue weighted by molar-refractivity contribution is 1.18. The van der Waals surface area contributed by atoms with Crippen LogP contribution in [0.15, 0.2) is 365 Å². The summed E-state index contributed by atoms with van der Waals surface area (Å²) in [5, 5.41) is 17.0. The Hall–Kier alpha value is -13.4. The molecule has 0 spiro atoms. The number of benzene rings is 15. The Bertz CT molecular complexity index is 6330. The van der Waals surface area contributed by atoms with E-state index < -0.39 is 0 Å². The lowest BCUT2D eigenvalue weighted by Crippen LogP contribution is -1.97. The van der Waals surface area contributed by atoms with Gasteiger partial charge in [-0.25, -0.2) is 19.9 Å². The Labute approximate surface area is 578 Å². The zero-order valence-electron chi connectivity index (χ0n) is 54.3. The fourth-order valence-corrected chi connectivity index (χ4v) is 14.3. The number of nitrogens with zero attached hydrogens (tertiary/aromatic N) is 6. The molecule has 0 N–H and O–H groups in total. The SMILES string of the molecule is c1cncc(-c2cccc(-c3cc(-c4cccc(-c5ccc6ccccc6c5)c4)nc(-c4cc5ccccc5c5ccccc45)n3)c2)c1.c1cncc(-c2cccc(-c3cc(-c4cccc(-c5ccc6ccccc6c5)c4)nc(-c4ccc5c6ccccc6c6ccccc6c5c4)n3)c2)c1. The first-order valence-electron chi connectivity index (χ1n) is 33.8. The van der Waals surface area contributed by atoms with Crippen molar-refractivity contribution in [2.24, 2.45) is 0 Å². The molecule has 100 heavy (non-hydrogen) atoms. The van der Waals surface area contributed by atoms with Crippen molar-refractivity contribution in [3.05, 3.63) is 365 Å². The molecular formula is C94H60N6. The van der Waals surface area contributed by atoms with Gasteiger partial charge in [-0.2, -0.15) is 0 Å². The van der Waals surface area contributed by atoms with E-state index >= 15 is 0 Å². The van der Waals surface area contributed by atoms with Crippen LogP contribution >= 0.6 is 0 Å². The molecule has 0 saturated heterocycles. The van der Waals surface area contributed by atoms with E-state index in [2.05, 4.69) is 338 Å². The van der Waals surface area contributed by atoms with Crippen LogP contribution in [0.3, 0.4) is 0 Å². The third kappa shape index (κ3) is 11.4. The summed E-state index contributed by atoms with van der Waals surface area (Å²) < 4.78 is 0. The summed E-state index contributed by atoms with van der Waals surface area (Å²) in [6, 6.07) is 120. The van der Waals surface area contributed by atoms with Crippen LogP contribution in [-0.4, -0.2) is 29.9 Å². The van der Waals surface area contributed by atoms with E-state index in [1.807, 2.05) is 24.5 Å². The summed E-state index contributed by atoms with van der Waals surface area (Å²) in [5.74, 6) is 1.39. The first kappa shape index (κ1) is 59.1. The fourth-order valence-electron chi connectivity index (χ4n) is 14.3. The number of fused-ring (bicyclic) bond motifs is 11. The molecular weight excluding hydrogens is 1210 g/mol. The molecule has 4 heterocycles. The zero-order valence-corrected chi connectivity index (χ0v) is 54.3.